The molecule has 0 aliphatic carbocycles. The molecule has 0 radical (unpaired) electrons. The van der Waals surface area contributed by atoms with Gasteiger partial charge in [0.1, 0.15) is 0 Å². The van der Waals surface area contributed by atoms with Crippen LogP contribution in [0.3, 0.4) is 0 Å². The summed E-state index contributed by atoms with van der Waals surface area (Å²) in [5, 5.41) is 0. The van der Waals surface area contributed by atoms with Crippen LogP contribution in [0, 0.1) is 13.8 Å². The lowest BCUT2D eigenvalue weighted by atomic mass is 10.0. The van der Waals surface area contributed by atoms with Crippen molar-refractivity contribution in [2.45, 2.75) is 39.5 Å². The average molecular weight is 218 g/mol. The van der Waals surface area contributed by atoms with Gasteiger partial charge in [0.2, 0.25) is 0 Å². The van der Waals surface area contributed by atoms with Gasteiger partial charge in [-0.05, 0) is 49.9 Å². The first kappa shape index (κ1) is 11.3. The molecule has 2 nitrogen and oxygen atoms in total. The molecule has 0 saturated carbocycles. The summed E-state index contributed by atoms with van der Waals surface area (Å²) in [4.78, 5) is 2.52. The summed E-state index contributed by atoms with van der Waals surface area (Å²) in [6, 6.07) is 4.23. The maximum Gasteiger partial charge on any atom is 0.0400 e. The van der Waals surface area contributed by atoms with Gasteiger partial charge in [-0.25, -0.2) is 0 Å². The molecular weight excluding hydrogens is 196 g/mol. The molecule has 0 unspecified atom stereocenters. The lowest BCUT2D eigenvalue weighted by Crippen LogP contribution is -2.24. The summed E-state index contributed by atoms with van der Waals surface area (Å²) in [7, 11) is 0. The van der Waals surface area contributed by atoms with Crippen LogP contribution >= 0.6 is 0 Å². The third-order valence-corrected chi connectivity index (χ3v) is 3.75. The van der Waals surface area contributed by atoms with Crippen molar-refractivity contribution >= 4 is 11.4 Å². The molecule has 1 aromatic carbocycles. The van der Waals surface area contributed by atoms with Gasteiger partial charge in [0, 0.05) is 24.5 Å². The molecule has 2 rings (SSSR count). The minimum absolute atomic E-state index is 0.913. The van der Waals surface area contributed by atoms with Gasteiger partial charge < -0.3 is 10.6 Å². The molecule has 0 spiro atoms. The van der Waals surface area contributed by atoms with Gasteiger partial charge in [-0.2, -0.15) is 0 Å². The fraction of sp³-hybridized carbons (Fsp3) is 0.571. The molecule has 1 aliphatic heterocycles. The molecule has 16 heavy (non-hydrogen) atoms. The molecule has 0 amide bonds. The molecule has 1 heterocycles. The Morgan fingerprint density at radius 2 is 1.56 bits per heavy atom. The van der Waals surface area contributed by atoms with Crippen LogP contribution in [0.4, 0.5) is 11.4 Å². The van der Waals surface area contributed by atoms with E-state index in [1.807, 2.05) is 6.07 Å². The standard InChI is InChI=1S/C14H22N2/c1-11-12(2)14(8-7-13(11)15)16-9-5-3-4-6-10-16/h7-8H,3-6,9-10,15H2,1-2H3. The zero-order chi connectivity index (χ0) is 11.5. The number of hydrogen-bond donors (Lipinski definition) is 1. The largest absolute Gasteiger partial charge is 0.399 e. The van der Waals surface area contributed by atoms with Gasteiger partial charge in [0.25, 0.3) is 0 Å². The van der Waals surface area contributed by atoms with Crippen LogP contribution in [-0.2, 0) is 0 Å². The van der Waals surface area contributed by atoms with E-state index in [0.29, 0.717) is 0 Å². The highest BCUT2D eigenvalue weighted by Crippen LogP contribution is 2.28. The Balaban J connectivity index is 2.28. The van der Waals surface area contributed by atoms with Crippen molar-refractivity contribution in [2.24, 2.45) is 0 Å². The predicted molar refractivity (Wildman–Crippen MR) is 71.0 cm³/mol. The number of nitrogen functional groups attached to an aromatic ring is 1. The van der Waals surface area contributed by atoms with Gasteiger partial charge >= 0.3 is 0 Å². The van der Waals surface area contributed by atoms with Gasteiger partial charge in [0.15, 0.2) is 0 Å². The number of hydrogen-bond acceptors (Lipinski definition) is 2. The van der Waals surface area contributed by atoms with E-state index >= 15 is 0 Å². The maximum atomic E-state index is 5.93. The third kappa shape index (κ3) is 2.16. The summed E-state index contributed by atoms with van der Waals surface area (Å²) in [5.41, 5.74) is 10.8. The van der Waals surface area contributed by atoms with Crippen molar-refractivity contribution in [2.75, 3.05) is 23.7 Å². The van der Waals surface area contributed by atoms with Crippen LogP contribution in [0.5, 0.6) is 0 Å². The van der Waals surface area contributed by atoms with E-state index in [0.717, 1.165) is 5.69 Å². The van der Waals surface area contributed by atoms with Crippen molar-refractivity contribution in [3.05, 3.63) is 23.3 Å². The number of nitrogens with zero attached hydrogens (tertiary/aromatic N) is 1. The molecule has 1 aliphatic rings. The molecule has 2 N–H and O–H groups in total. The molecule has 0 bridgehead atoms. The summed E-state index contributed by atoms with van der Waals surface area (Å²) < 4.78 is 0. The van der Waals surface area contributed by atoms with E-state index in [-0.39, 0.29) is 0 Å². The highest BCUT2D eigenvalue weighted by atomic mass is 15.1. The lowest BCUT2D eigenvalue weighted by Gasteiger charge is -2.25. The molecule has 1 aromatic rings. The summed E-state index contributed by atoms with van der Waals surface area (Å²) >= 11 is 0. The second kappa shape index (κ2) is 4.77. The van der Waals surface area contributed by atoms with Crippen LogP contribution < -0.4 is 10.6 Å². The molecule has 0 atom stereocenters. The number of rotatable bonds is 1. The second-order valence-corrected chi connectivity index (χ2v) is 4.83. The van der Waals surface area contributed by atoms with Crippen molar-refractivity contribution in [1.29, 1.82) is 0 Å². The highest BCUT2D eigenvalue weighted by Gasteiger charge is 2.13. The number of benzene rings is 1. The van der Waals surface area contributed by atoms with E-state index in [1.54, 1.807) is 0 Å². The van der Waals surface area contributed by atoms with Crippen LogP contribution in [0.2, 0.25) is 0 Å². The molecule has 88 valence electrons. The average Bonchev–Trinajstić information content (AvgIpc) is 2.55. The molecule has 1 saturated heterocycles. The first-order valence-electron chi connectivity index (χ1n) is 6.31. The van der Waals surface area contributed by atoms with Crippen LogP contribution in [0.15, 0.2) is 12.1 Å². The molecule has 1 fully saturated rings. The molecule has 2 heteroatoms. The Morgan fingerprint density at radius 1 is 0.938 bits per heavy atom. The summed E-state index contributed by atoms with van der Waals surface area (Å²) in [6.07, 6.45) is 5.40. The SMILES string of the molecule is Cc1c(N)ccc(N2CCCCCC2)c1C. The van der Waals surface area contributed by atoms with Gasteiger partial charge in [0.05, 0.1) is 0 Å². The first-order valence-corrected chi connectivity index (χ1v) is 6.31. The smallest absolute Gasteiger partial charge is 0.0400 e. The van der Waals surface area contributed by atoms with Gasteiger partial charge in [-0.15, -0.1) is 0 Å². The van der Waals surface area contributed by atoms with Crippen LogP contribution in [0.1, 0.15) is 36.8 Å². The second-order valence-electron chi connectivity index (χ2n) is 4.83. The van der Waals surface area contributed by atoms with E-state index in [4.69, 9.17) is 5.73 Å². The first-order chi connectivity index (χ1) is 7.70. The van der Waals surface area contributed by atoms with E-state index in [2.05, 4.69) is 24.8 Å². The van der Waals surface area contributed by atoms with Crippen molar-refractivity contribution < 1.29 is 0 Å². The fourth-order valence-corrected chi connectivity index (χ4v) is 2.48. The Bertz CT molecular complexity index is 363. The quantitative estimate of drug-likeness (QED) is 0.733. The minimum atomic E-state index is 0.913. The number of anilines is 2. The van der Waals surface area contributed by atoms with Crippen molar-refractivity contribution in [3.8, 4) is 0 Å². The Labute approximate surface area is 98.4 Å². The molecule has 0 aromatic heterocycles. The monoisotopic (exact) mass is 218 g/mol. The normalized spacial score (nSPS) is 17.2. The molecular formula is C14H22N2. The van der Waals surface area contributed by atoms with Crippen molar-refractivity contribution in [3.63, 3.8) is 0 Å². The predicted octanol–water partition coefficient (Wildman–Crippen LogP) is 3.27. The van der Waals surface area contributed by atoms with Gasteiger partial charge in [-0.3, -0.25) is 0 Å². The van der Waals surface area contributed by atoms with Gasteiger partial charge in [-0.1, -0.05) is 12.8 Å². The van der Waals surface area contributed by atoms with E-state index in [1.165, 1.54) is 55.6 Å². The van der Waals surface area contributed by atoms with E-state index in [9.17, 15) is 0 Å². The highest BCUT2D eigenvalue weighted by molar-refractivity contribution is 5.64. The maximum absolute atomic E-state index is 5.93. The Morgan fingerprint density at radius 3 is 2.19 bits per heavy atom. The summed E-state index contributed by atoms with van der Waals surface area (Å²) in [5.74, 6) is 0. The summed E-state index contributed by atoms with van der Waals surface area (Å²) in [6.45, 7) is 6.70. The lowest BCUT2D eigenvalue weighted by molar-refractivity contribution is 0.726. The minimum Gasteiger partial charge on any atom is -0.399 e. The van der Waals surface area contributed by atoms with Crippen LogP contribution in [0.25, 0.3) is 0 Å². The zero-order valence-corrected chi connectivity index (χ0v) is 10.4. The number of nitrogens with two attached hydrogens (primary N) is 1. The Kier molecular flexibility index (Phi) is 3.37. The zero-order valence-electron chi connectivity index (χ0n) is 10.4. The fourth-order valence-electron chi connectivity index (χ4n) is 2.48. The third-order valence-electron chi connectivity index (χ3n) is 3.75. The topological polar surface area (TPSA) is 29.3 Å². The van der Waals surface area contributed by atoms with E-state index < -0.39 is 0 Å². The Hall–Kier alpha value is -1.18. The van der Waals surface area contributed by atoms with Crippen molar-refractivity contribution in [1.82, 2.24) is 0 Å². The van der Waals surface area contributed by atoms with Crippen LogP contribution in [-0.4, -0.2) is 13.1 Å².